The lowest BCUT2D eigenvalue weighted by Gasteiger charge is -2.28. The number of nitrogens with two attached hydrogens (primary N) is 1. The van der Waals surface area contributed by atoms with E-state index in [9.17, 15) is 9.59 Å². The maximum Gasteiger partial charge on any atom is 0.251 e. The SMILES string of the molecule is CN1C(=O)CCC(Nc2ccc(C(N)=S)cn2)C1=O. The summed E-state index contributed by atoms with van der Waals surface area (Å²) in [5.74, 6) is 0.164. The summed E-state index contributed by atoms with van der Waals surface area (Å²) in [6, 6.07) is 3.02. The van der Waals surface area contributed by atoms with Crippen molar-refractivity contribution < 1.29 is 9.59 Å². The molecule has 1 fully saturated rings. The molecule has 1 saturated heterocycles. The Morgan fingerprint density at radius 1 is 1.53 bits per heavy atom. The van der Waals surface area contributed by atoms with Gasteiger partial charge in [0.15, 0.2) is 0 Å². The number of nitrogens with one attached hydrogen (secondary N) is 1. The number of hydrogen-bond acceptors (Lipinski definition) is 5. The van der Waals surface area contributed by atoms with E-state index in [1.165, 1.54) is 7.05 Å². The molecule has 2 amide bonds. The van der Waals surface area contributed by atoms with Crippen LogP contribution in [-0.2, 0) is 9.59 Å². The van der Waals surface area contributed by atoms with Crippen molar-refractivity contribution in [1.29, 1.82) is 0 Å². The second-order valence-corrected chi connectivity index (χ2v) is 4.76. The molecule has 1 aromatic heterocycles. The molecule has 1 atom stereocenters. The van der Waals surface area contributed by atoms with Gasteiger partial charge in [-0.1, -0.05) is 12.2 Å². The number of nitrogens with zero attached hydrogens (tertiary/aromatic N) is 2. The van der Waals surface area contributed by atoms with Crippen LogP contribution in [0.2, 0.25) is 0 Å². The quantitative estimate of drug-likeness (QED) is 0.609. The summed E-state index contributed by atoms with van der Waals surface area (Å²) < 4.78 is 0. The molecule has 100 valence electrons. The Labute approximate surface area is 116 Å². The van der Waals surface area contributed by atoms with E-state index in [0.717, 1.165) is 4.90 Å². The summed E-state index contributed by atoms with van der Waals surface area (Å²) in [5.41, 5.74) is 6.15. The van der Waals surface area contributed by atoms with E-state index in [1.807, 2.05) is 0 Å². The number of likely N-dealkylation sites (tertiary alicyclic amines) is 1. The Bertz CT molecular complexity index is 529. The van der Waals surface area contributed by atoms with Crippen LogP contribution < -0.4 is 11.1 Å². The van der Waals surface area contributed by atoms with Crippen LogP contribution in [0.4, 0.5) is 5.82 Å². The third-order valence-electron chi connectivity index (χ3n) is 3.02. The number of imide groups is 1. The number of thiocarbonyl (C=S) groups is 1. The largest absolute Gasteiger partial charge is 0.389 e. The van der Waals surface area contributed by atoms with Crippen LogP contribution in [0, 0.1) is 0 Å². The number of pyridine rings is 1. The van der Waals surface area contributed by atoms with Gasteiger partial charge in [-0.3, -0.25) is 14.5 Å². The Hall–Kier alpha value is -2.02. The van der Waals surface area contributed by atoms with Crippen LogP contribution in [0.25, 0.3) is 0 Å². The van der Waals surface area contributed by atoms with E-state index < -0.39 is 6.04 Å². The number of anilines is 1. The van der Waals surface area contributed by atoms with Gasteiger partial charge in [0, 0.05) is 25.2 Å². The summed E-state index contributed by atoms with van der Waals surface area (Å²) in [6.45, 7) is 0. The molecule has 19 heavy (non-hydrogen) atoms. The van der Waals surface area contributed by atoms with Crippen LogP contribution in [0.1, 0.15) is 18.4 Å². The first kappa shape index (κ1) is 13.4. The summed E-state index contributed by atoms with van der Waals surface area (Å²) in [6.07, 6.45) is 2.37. The van der Waals surface area contributed by atoms with Gasteiger partial charge < -0.3 is 11.1 Å². The van der Waals surface area contributed by atoms with Crippen LogP contribution in [0.3, 0.4) is 0 Å². The van der Waals surface area contributed by atoms with Crippen molar-refractivity contribution in [1.82, 2.24) is 9.88 Å². The first-order valence-corrected chi connectivity index (χ1v) is 6.22. The summed E-state index contributed by atoms with van der Waals surface area (Å²) >= 11 is 4.83. The van der Waals surface area contributed by atoms with Crippen LogP contribution in [-0.4, -0.2) is 39.8 Å². The van der Waals surface area contributed by atoms with Crippen molar-refractivity contribution in [2.24, 2.45) is 5.73 Å². The van der Waals surface area contributed by atoms with Gasteiger partial charge in [-0.05, 0) is 18.6 Å². The topological polar surface area (TPSA) is 88.3 Å². The van der Waals surface area contributed by atoms with Crippen molar-refractivity contribution in [3.63, 3.8) is 0 Å². The standard InChI is InChI=1S/C12H14N4O2S/c1-16-10(17)5-3-8(12(16)18)15-9-4-2-7(6-14-9)11(13)19/h2,4,6,8H,3,5H2,1H3,(H2,13,19)(H,14,15). The molecule has 1 unspecified atom stereocenters. The van der Waals surface area contributed by atoms with E-state index in [-0.39, 0.29) is 16.8 Å². The number of carbonyl (C=O) groups is 2. The highest BCUT2D eigenvalue weighted by molar-refractivity contribution is 7.80. The van der Waals surface area contributed by atoms with Crippen molar-refractivity contribution in [2.75, 3.05) is 12.4 Å². The predicted molar refractivity (Wildman–Crippen MR) is 74.5 cm³/mol. The Balaban J connectivity index is 2.07. The van der Waals surface area contributed by atoms with Crippen molar-refractivity contribution in [2.45, 2.75) is 18.9 Å². The first-order valence-electron chi connectivity index (χ1n) is 5.82. The molecular formula is C12H14N4O2S. The molecule has 6 nitrogen and oxygen atoms in total. The fraction of sp³-hybridized carbons (Fsp3) is 0.333. The number of hydrogen-bond donors (Lipinski definition) is 2. The normalized spacial score (nSPS) is 19.4. The molecule has 7 heteroatoms. The van der Waals surface area contributed by atoms with Crippen LogP contribution in [0.5, 0.6) is 0 Å². The van der Waals surface area contributed by atoms with Gasteiger partial charge in [0.1, 0.15) is 16.8 Å². The molecule has 3 N–H and O–H groups in total. The molecule has 0 spiro atoms. The van der Waals surface area contributed by atoms with Gasteiger partial charge in [-0.15, -0.1) is 0 Å². The Morgan fingerprint density at radius 3 is 2.84 bits per heavy atom. The summed E-state index contributed by atoms with van der Waals surface area (Å²) in [5, 5.41) is 3.01. The van der Waals surface area contributed by atoms with Crippen LogP contribution >= 0.6 is 12.2 Å². The number of aromatic nitrogens is 1. The monoisotopic (exact) mass is 278 g/mol. The third kappa shape index (κ3) is 2.87. The summed E-state index contributed by atoms with van der Waals surface area (Å²) in [7, 11) is 1.49. The van der Waals surface area contributed by atoms with E-state index in [1.54, 1.807) is 18.3 Å². The summed E-state index contributed by atoms with van der Waals surface area (Å²) in [4.78, 5) is 28.8. The minimum Gasteiger partial charge on any atom is -0.389 e. The van der Waals surface area contributed by atoms with E-state index in [0.29, 0.717) is 24.2 Å². The van der Waals surface area contributed by atoms with E-state index >= 15 is 0 Å². The maximum absolute atomic E-state index is 11.9. The minimum atomic E-state index is -0.425. The number of likely N-dealkylation sites (N-methyl/N-ethyl adjacent to an activating group) is 1. The zero-order chi connectivity index (χ0) is 14.0. The fourth-order valence-electron chi connectivity index (χ4n) is 1.85. The Kier molecular flexibility index (Phi) is 3.75. The van der Waals surface area contributed by atoms with Gasteiger partial charge in [0.2, 0.25) is 5.91 Å². The Morgan fingerprint density at radius 2 is 2.26 bits per heavy atom. The molecule has 2 rings (SSSR count). The van der Waals surface area contributed by atoms with Crippen molar-refractivity contribution in [3.05, 3.63) is 23.9 Å². The molecule has 0 aliphatic carbocycles. The number of carbonyl (C=O) groups excluding carboxylic acids is 2. The minimum absolute atomic E-state index is 0.153. The van der Waals surface area contributed by atoms with Gasteiger partial charge in [0.25, 0.3) is 5.91 Å². The molecule has 1 aromatic rings. The predicted octanol–water partition coefficient (Wildman–Crippen LogP) is 0.275. The molecular weight excluding hydrogens is 264 g/mol. The highest BCUT2D eigenvalue weighted by Gasteiger charge is 2.31. The van der Waals surface area contributed by atoms with Crippen molar-refractivity contribution in [3.8, 4) is 0 Å². The lowest BCUT2D eigenvalue weighted by molar-refractivity contribution is -0.146. The van der Waals surface area contributed by atoms with Crippen molar-refractivity contribution >= 4 is 34.8 Å². The molecule has 2 heterocycles. The zero-order valence-corrected chi connectivity index (χ0v) is 11.2. The highest BCUT2D eigenvalue weighted by atomic mass is 32.1. The molecule has 1 aliphatic rings. The third-order valence-corrected chi connectivity index (χ3v) is 3.26. The van der Waals surface area contributed by atoms with E-state index in [4.69, 9.17) is 18.0 Å². The second-order valence-electron chi connectivity index (χ2n) is 4.32. The van der Waals surface area contributed by atoms with Gasteiger partial charge in [-0.25, -0.2) is 4.98 Å². The number of rotatable bonds is 3. The first-order chi connectivity index (χ1) is 8.99. The lowest BCUT2D eigenvalue weighted by Crippen LogP contribution is -2.48. The molecule has 0 aromatic carbocycles. The lowest BCUT2D eigenvalue weighted by atomic mass is 10.0. The molecule has 0 radical (unpaired) electrons. The fourth-order valence-corrected chi connectivity index (χ4v) is 1.97. The zero-order valence-electron chi connectivity index (χ0n) is 10.4. The van der Waals surface area contributed by atoms with Gasteiger partial charge in [-0.2, -0.15) is 0 Å². The second kappa shape index (κ2) is 5.31. The smallest absolute Gasteiger partial charge is 0.251 e. The van der Waals surface area contributed by atoms with E-state index in [2.05, 4.69) is 10.3 Å². The van der Waals surface area contributed by atoms with Gasteiger partial charge >= 0.3 is 0 Å². The van der Waals surface area contributed by atoms with Crippen LogP contribution in [0.15, 0.2) is 18.3 Å². The average molecular weight is 278 g/mol. The van der Waals surface area contributed by atoms with Gasteiger partial charge in [0.05, 0.1) is 0 Å². The highest BCUT2D eigenvalue weighted by Crippen LogP contribution is 2.16. The average Bonchev–Trinajstić information content (AvgIpc) is 2.40. The molecule has 1 aliphatic heterocycles. The molecule has 0 bridgehead atoms. The number of piperidine rings is 1. The molecule has 0 saturated carbocycles. The maximum atomic E-state index is 11.9. The number of amides is 2.